The molecule has 0 aliphatic rings. The van der Waals surface area contributed by atoms with Gasteiger partial charge in [-0.1, -0.05) is 0 Å². The number of carbonyl (C=O) groups is 1. The SMILES string of the molecule is COCCOCCOc1ncc(C(=O)O)cc1N. The van der Waals surface area contributed by atoms with E-state index in [1.807, 2.05) is 0 Å². The van der Waals surface area contributed by atoms with E-state index in [4.69, 9.17) is 25.1 Å². The smallest absolute Gasteiger partial charge is 0.337 e. The molecule has 1 heterocycles. The van der Waals surface area contributed by atoms with Crippen molar-refractivity contribution in [3.8, 4) is 5.88 Å². The van der Waals surface area contributed by atoms with E-state index >= 15 is 0 Å². The third-order valence-electron chi connectivity index (χ3n) is 2.02. The monoisotopic (exact) mass is 256 g/mol. The predicted molar refractivity (Wildman–Crippen MR) is 63.8 cm³/mol. The molecule has 0 fully saturated rings. The highest BCUT2D eigenvalue weighted by Crippen LogP contribution is 2.18. The maximum Gasteiger partial charge on any atom is 0.337 e. The Morgan fingerprint density at radius 3 is 2.72 bits per heavy atom. The van der Waals surface area contributed by atoms with Gasteiger partial charge in [-0.2, -0.15) is 0 Å². The van der Waals surface area contributed by atoms with Crippen molar-refractivity contribution in [2.24, 2.45) is 0 Å². The second kappa shape index (κ2) is 7.46. The van der Waals surface area contributed by atoms with Crippen LogP contribution in [0.15, 0.2) is 12.3 Å². The molecule has 0 saturated carbocycles. The number of ether oxygens (including phenoxy) is 3. The first-order chi connectivity index (χ1) is 8.65. The van der Waals surface area contributed by atoms with Gasteiger partial charge in [0.2, 0.25) is 5.88 Å². The molecule has 18 heavy (non-hydrogen) atoms. The van der Waals surface area contributed by atoms with Crippen LogP contribution < -0.4 is 10.5 Å². The summed E-state index contributed by atoms with van der Waals surface area (Å²) in [5.74, 6) is -0.876. The molecule has 100 valence electrons. The largest absolute Gasteiger partial charge is 0.478 e. The van der Waals surface area contributed by atoms with Crippen LogP contribution in [-0.2, 0) is 9.47 Å². The van der Waals surface area contributed by atoms with Gasteiger partial charge in [0.1, 0.15) is 6.61 Å². The Kier molecular flexibility index (Phi) is 5.89. The molecule has 0 aliphatic carbocycles. The van der Waals surface area contributed by atoms with Crippen LogP contribution in [0.5, 0.6) is 5.88 Å². The van der Waals surface area contributed by atoms with Crippen LogP contribution in [0.4, 0.5) is 5.69 Å². The molecule has 0 aliphatic heterocycles. The highest BCUT2D eigenvalue weighted by molar-refractivity contribution is 5.88. The number of hydrogen-bond donors (Lipinski definition) is 2. The van der Waals surface area contributed by atoms with Crippen molar-refractivity contribution in [3.05, 3.63) is 17.8 Å². The highest BCUT2D eigenvalue weighted by atomic mass is 16.5. The third-order valence-corrected chi connectivity index (χ3v) is 2.02. The normalized spacial score (nSPS) is 10.3. The van der Waals surface area contributed by atoms with Gasteiger partial charge in [-0.3, -0.25) is 0 Å². The Balaban J connectivity index is 2.36. The van der Waals surface area contributed by atoms with Gasteiger partial charge in [-0.05, 0) is 6.07 Å². The van der Waals surface area contributed by atoms with Gasteiger partial charge in [0.25, 0.3) is 0 Å². The van der Waals surface area contributed by atoms with E-state index < -0.39 is 5.97 Å². The summed E-state index contributed by atoms with van der Waals surface area (Å²) >= 11 is 0. The van der Waals surface area contributed by atoms with E-state index in [9.17, 15) is 4.79 Å². The van der Waals surface area contributed by atoms with Gasteiger partial charge >= 0.3 is 5.97 Å². The number of rotatable bonds is 8. The predicted octanol–water partition coefficient (Wildman–Crippen LogP) is 0.404. The van der Waals surface area contributed by atoms with E-state index in [0.29, 0.717) is 19.8 Å². The summed E-state index contributed by atoms with van der Waals surface area (Å²) in [6.45, 7) is 1.67. The van der Waals surface area contributed by atoms with E-state index in [1.54, 1.807) is 7.11 Å². The summed E-state index contributed by atoms with van der Waals surface area (Å²) in [5.41, 5.74) is 5.82. The average molecular weight is 256 g/mol. The number of hydrogen-bond acceptors (Lipinski definition) is 6. The molecule has 7 nitrogen and oxygen atoms in total. The van der Waals surface area contributed by atoms with Crippen molar-refractivity contribution in [1.82, 2.24) is 4.98 Å². The minimum atomic E-state index is -1.08. The number of methoxy groups -OCH3 is 1. The number of pyridine rings is 1. The molecule has 3 N–H and O–H groups in total. The first-order valence-electron chi connectivity index (χ1n) is 5.33. The van der Waals surface area contributed by atoms with Gasteiger partial charge < -0.3 is 25.1 Å². The Morgan fingerprint density at radius 1 is 1.39 bits per heavy atom. The Hall–Kier alpha value is -1.86. The van der Waals surface area contributed by atoms with E-state index in [2.05, 4.69) is 4.98 Å². The molecule has 1 rings (SSSR count). The summed E-state index contributed by atoms with van der Waals surface area (Å²) in [5, 5.41) is 8.73. The van der Waals surface area contributed by atoms with Gasteiger partial charge in [0.05, 0.1) is 31.1 Å². The number of anilines is 1. The van der Waals surface area contributed by atoms with E-state index in [1.165, 1.54) is 12.3 Å². The number of carboxylic acid groups (broad SMARTS) is 1. The van der Waals surface area contributed by atoms with Crippen molar-refractivity contribution < 1.29 is 24.1 Å². The molecule has 0 saturated heterocycles. The van der Waals surface area contributed by atoms with Crippen molar-refractivity contribution in [2.45, 2.75) is 0 Å². The van der Waals surface area contributed by atoms with Gasteiger partial charge in [0, 0.05) is 13.3 Å². The Morgan fingerprint density at radius 2 is 2.11 bits per heavy atom. The fourth-order valence-corrected chi connectivity index (χ4v) is 1.15. The average Bonchev–Trinajstić information content (AvgIpc) is 2.35. The maximum atomic E-state index is 10.7. The summed E-state index contributed by atoms with van der Waals surface area (Å²) in [6, 6.07) is 1.30. The zero-order valence-corrected chi connectivity index (χ0v) is 10.1. The van der Waals surface area contributed by atoms with Gasteiger partial charge in [-0.25, -0.2) is 9.78 Å². The number of nitrogen functional groups attached to an aromatic ring is 1. The number of nitrogens with two attached hydrogens (primary N) is 1. The molecule has 0 atom stereocenters. The molecule has 1 aromatic heterocycles. The van der Waals surface area contributed by atoms with Crippen LogP contribution in [0.3, 0.4) is 0 Å². The highest BCUT2D eigenvalue weighted by Gasteiger charge is 2.08. The topological polar surface area (TPSA) is 104 Å². The lowest BCUT2D eigenvalue weighted by atomic mass is 10.2. The maximum absolute atomic E-state index is 10.7. The van der Waals surface area contributed by atoms with Crippen molar-refractivity contribution in [3.63, 3.8) is 0 Å². The Bertz CT molecular complexity index is 397. The third kappa shape index (κ3) is 4.56. The first kappa shape index (κ1) is 14.2. The van der Waals surface area contributed by atoms with Crippen molar-refractivity contribution >= 4 is 11.7 Å². The number of aromatic carboxylic acids is 1. The van der Waals surface area contributed by atoms with Gasteiger partial charge in [0.15, 0.2) is 0 Å². The van der Waals surface area contributed by atoms with E-state index in [-0.39, 0.29) is 23.7 Å². The Labute approximate surface area is 104 Å². The molecule has 0 radical (unpaired) electrons. The second-order valence-corrected chi connectivity index (χ2v) is 3.38. The van der Waals surface area contributed by atoms with Crippen LogP contribution in [0.2, 0.25) is 0 Å². The minimum Gasteiger partial charge on any atom is -0.478 e. The van der Waals surface area contributed by atoms with Crippen LogP contribution in [0, 0.1) is 0 Å². The molecule has 1 aromatic rings. The number of carboxylic acids is 1. The number of aromatic nitrogens is 1. The molecule has 0 amide bonds. The summed E-state index contributed by atoms with van der Waals surface area (Å²) in [4.78, 5) is 14.5. The van der Waals surface area contributed by atoms with Crippen molar-refractivity contribution in [2.75, 3.05) is 39.3 Å². The zero-order valence-electron chi connectivity index (χ0n) is 10.1. The fourth-order valence-electron chi connectivity index (χ4n) is 1.15. The molecule has 0 spiro atoms. The standard InChI is InChI=1S/C11H16N2O5/c1-16-2-3-17-4-5-18-10-9(12)6-8(7-13-10)11(14)15/h6-7H,2-5,12H2,1H3,(H,14,15). The number of nitrogens with zero attached hydrogens (tertiary/aromatic N) is 1. The molecule has 0 bridgehead atoms. The quantitative estimate of drug-likeness (QED) is 0.649. The van der Waals surface area contributed by atoms with Crippen molar-refractivity contribution in [1.29, 1.82) is 0 Å². The van der Waals surface area contributed by atoms with Crippen LogP contribution in [-0.4, -0.2) is 49.6 Å². The van der Waals surface area contributed by atoms with Crippen LogP contribution >= 0.6 is 0 Å². The lowest BCUT2D eigenvalue weighted by Crippen LogP contribution is -2.11. The molecule has 0 aromatic carbocycles. The van der Waals surface area contributed by atoms with Crippen LogP contribution in [0.1, 0.15) is 10.4 Å². The summed E-state index contributed by atoms with van der Waals surface area (Å²) in [6.07, 6.45) is 1.19. The fraction of sp³-hybridized carbons (Fsp3) is 0.455. The van der Waals surface area contributed by atoms with Gasteiger partial charge in [-0.15, -0.1) is 0 Å². The molecule has 7 heteroatoms. The van der Waals surface area contributed by atoms with Crippen LogP contribution in [0.25, 0.3) is 0 Å². The summed E-state index contributed by atoms with van der Waals surface area (Å²) < 4.78 is 15.2. The van der Waals surface area contributed by atoms with E-state index in [0.717, 1.165) is 0 Å². The lowest BCUT2D eigenvalue weighted by Gasteiger charge is -2.08. The first-order valence-corrected chi connectivity index (χ1v) is 5.33. The minimum absolute atomic E-state index is 0.0243. The lowest BCUT2D eigenvalue weighted by molar-refractivity contribution is 0.0538. The molecular formula is C11H16N2O5. The molecular weight excluding hydrogens is 240 g/mol. The zero-order chi connectivity index (χ0) is 13.4. The summed E-state index contributed by atoms with van der Waals surface area (Å²) in [7, 11) is 1.59. The molecule has 0 unspecified atom stereocenters. The second-order valence-electron chi connectivity index (χ2n) is 3.38.